The van der Waals surface area contributed by atoms with Crippen molar-refractivity contribution < 1.29 is 9.90 Å². The van der Waals surface area contributed by atoms with Crippen LogP contribution >= 0.6 is 0 Å². The largest absolute Gasteiger partial charge is 0.480 e. The Labute approximate surface area is 83.5 Å². The first kappa shape index (κ1) is 12.8. The number of rotatable bonds is 7. The molecule has 0 aromatic carbocycles. The lowest BCUT2D eigenvalue weighted by atomic mass is 10.00. The molecule has 0 aliphatic rings. The molecule has 1 atom stereocenters. The molecule has 0 aromatic heterocycles. The van der Waals surface area contributed by atoms with Crippen LogP contribution in [0.3, 0.4) is 0 Å². The summed E-state index contributed by atoms with van der Waals surface area (Å²) >= 11 is 0. The Morgan fingerprint density at radius 2 is 2.21 bits per heavy atom. The lowest BCUT2D eigenvalue weighted by Gasteiger charge is -2.16. The van der Waals surface area contributed by atoms with E-state index in [0.29, 0.717) is 19.5 Å². The van der Waals surface area contributed by atoms with Crippen molar-refractivity contribution in [1.29, 1.82) is 5.41 Å². The van der Waals surface area contributed by atoms with Gasteiger partial charge in [0, 0.05) is 19.3 Å². The Kier molecular flexibility index (Phi) is 5.74. The van der Waals surface area contributed by atoms with Crippen LogP contribution in [0.2, 0.25) is 0 Å². The number of hydrogen-bond donors (Lipinski definition) is 4. The molecule has 5 N–H and O–H groups in total. The van der Waals surface area contributed by atoms with Gasteiger partial charge in [-0.15, -0.1) is 0 Å². The number of carboxylic acid groups (broad SMARTS) is 1. The molecule has 0 rings (SSSR count). The van der Waals surface area contributed by atoms with E-state index in [1.165, 1.54) is 13.1 Å². The maximum atomic E-state index is 10.6. The van der Waals surface area contributed by atoms with Crippen LogP contribution in [-0.4, -0.2) is 35.9 Å². The molecule has 0 radical (unpaired) electrons. The monoisotopic (exact) mass is 199 g/mol. The molecule has 0 saturated carbocycles. The highest BCUT2D eigenvalue weighted by Crippen LogP contribution is 2.05. The summed E-state index contributed by atoms with van der Waals surface area (Å²) in [4.78, 5) is 10.6. The molecule has 0 unspecified atom stereocenters. The normalized spacial score (nSPS) is 15.3. The topological polar surface area (TPSA) is 99.2 Å². The third kappa shape index (κ3) is 5.45. The second kappa shape index (κ2) is 6.28. The fourth-order valence-electron chi connectivity index (χ4n) is 0.738. The first-order valence-electron chi connectivity index (χ1n) is 4.37. The Morgan fingerprint density at radius 3 is 2.71 bits per heavy atom. The van der Waals surface area contributed by atoms with E-state index in [9.17, 15) is 4.79 Å². The zero-order chi connectivity index (χ0) is 11.0. The second-order valence-electron chi connectivity index (χ2n) is 3.26. The summed E-state index contributed by atoms with van der Waals surface area (Å²) in [7, 11) is 0. The van der Waals surface area contributed by atoms with Crippen LogP contribution < -0.4 is 11.1 Å². The van der Waals surface area contributed by atoms with Crippen molar-refractivity contribution in [2.75, 3.05) is 13.1 Å². The van der Waals surface area contributed by atoms with Gasteiger partial charge in [0.15, 0.2) is 0 Å². The fraction of sp³-hybridized carbons (Fsp3) is 0.556. The molecule has 5 nitrogen and oxygen atoms in total. The highest BCUT2D eigenvalue weighted by atomic mass is 16.4. The molecule has 0 saturated heterocycles. The van der Waals surface area contributed by atoms with Gasteiger partial charge in [-0.05, 0) is 13.3 Å². The van der Waals surface area contributed by atoms with Crippen molar-refractivity contribution >= 4 is 12.2 Å². The van der Waals surface area contributed by atoms with E-state index in [0.717, 1.165) is 0 Å². The van der Waals surface area contributed by atoms with Gasteiger partial charge in [0.05, 0.1) is 0 Å². The number of hydrogen-bond acceptors (Lipinski definition) is 4. The zero-order valence-corrected chi connectivity index (χ0v) is 8.29. The molecular formula is C9H17N3O2. The summed E-state index contributed by atoms with van der Waals surface area (Å²) in [6, 6.07) is 0. The van der Waals surface area contributed by atoms with Gasteiger partial charge < -0.3 is 21.6 Å². The van der Waals surface area contributed by atoms with Gasteiger partial charge in [0.2, 0.25) is 0 Å². The van der Waals surface area contributed by atoms with Crippen molar-refractivity contribution in [3.8, 4) is 0 Å². The molecular weight excluding hydrogens is 182 g/mol. The molecule has 80 valence electrons. The van der Waals surface area contributed by atoms with Crippen LogP contribution in [0.1, 0.15) is 13.3 Å². The number of nitrogens with one attached hydrogen (secondary N) is 2. The van der Waals surface area contributed by atoms with Crippen LogP contribution in [0, 0.1) is 5.41 Å². The minimum absolute atomic E-state index is 0.300. The van der Waals surface area contributed by atoms with Gasteiger partial charge in [-0.25, -0.2) is 0 Å². The lowest BCUT2D eigenvalue weighted by Crippen LogP contribution is -2.44. The van der Waals surface area contributed by atoms with Crippen LogP contribution in [-0.2, 0) is 4.79 Å². The van der Waals surface area contributed by atoms with E-state index in [4.69, 9.17) is 16.2 Å². The standard InChI is InChI=1S/C9H17N3O2/c1-9(11,8(13)14)4-2-3-6-12-7-5-10/h2-3,5,10,12H,4,6-7,11H2,1H3,(H,13,14)/b3-2+,10-5?/t9-/m0/s1. The van der Waals surface area contributed by atoms with E-state index in [1.807, 2.05) is 0 Å². The third-order valence-electron chi connectivity index (χ3n) is 1.71. The maximum absolute atomic E-state index is 10.6. The average Bonchev–Trinajstić information content (AvgIpc) is 2.10. The number of nitrogens with two attached hydrogens (primary N) is 1. The molecule has 0 bridgehead atoms. The van der Waals surface area contributed by atoms with Gasteiger partial charge in [-0.2, -0.15) is 0 Å². The second-order valence-corrected chi connectivity index (χ2v) is 3.26. The van der Waals surface area contributed by atoms with Crippen LogP contribution in [0.15, 0.2) is 12.2 Å². The Morgan fingerprint density at radius 1 is 1.57 bits per heavy atom. The summed E-state index contributed by atoms with van der Waals surface area (Å²) < 4.78 is 0. The molecule has 14 heavy (non-hydrogen) atoms. The molecule has 0 amide bonds. The molecule has 0 aromatic rings. The minimum Gasteiger partial charge on any atom is -0.480 e. The van der Waals surface area contributed by atoms with Crippen molar-refractivity contribution in [3.05, 3.63) is 12.2 Å². The number of carbonyl (C=O) groups is 1. The van der Waals surface area contributed by atoms with Gasteiger partial charge in [-0.1, -0.05) is 12.2 Å². The highest BCUT2D eigenvalue weighted by molar-refractivity contribution is 5.78. The Bertz CT molecular complexity index is 224. The van der Waals surface area contributed by atoms with Crippen LogP contribution in [0.25, 0.3) is 0 Å². The quantitative estimate of drug-likeness (QED) is 0.263. The number of aliphatic carboxylic acids is 1. The van der Waals surface area contributed by atoms with E-state index in [2.05, 4.69) is 5.32 Å². The summed E-state index contributed by atoms with van der Waals surface area (Å²) in [5.74, 6) is -1.00. The van der Waals surface area contributed by atoms with Crippen molar-refractivity contribution in [1.82, 2.24) is 5.32 Å². The first-order valence-corrected chi connectivity index (χ1v) is 4.37. The van der Waals surface area contributed by atoms with Gasteiger partial charge in [-0.3, -0.25) is 4.79 Å². The number of carboxylic acids is 1. The zero-order valence-electron chi connectivity index (χ0n) is 8.29. The van der Waals surface area contributed by atoms with E-state index < -0.39 is 11.5 Å². The maximum Gasteiger partial charge on any atom is 0.323 e. The smallest absolute Gasteiger partial charge is 0.323 e. The van der Waals surface area contributed by atoms with Crippen molar-refractivity contribution in [2.24, 2.45) is 5.73 Å². The molecule has 0 spiro atoms. The first-order chi connectivity index (χ1) is 6.50. The van der Waals surface area contributed by atoms with Crippen molar-refractivity contribution in [3.63, 3.8) is 0 Å². The summed E-state index contributed by atoms with van der Waals surface area (Å²) in [5, 5.41) is 18.3. The SMILES string of the molecule is C[C@](N)(C/C=C/CNCC=N)C(=O)O. The van der Waals surface area contributed by atoms with E-state index >= 15 is 0 Å². The average molecular weight is 199 g/mol. The van der Waals surface area contributed by atoms with Gasteiger partial charge in [0.25, 0.3) is 0 Å². The Hall–Kier alpha value is -1.20. The molecule has 5 heteroatoms. The highest BCUT2D eigenvalue weighted by Gasteiger charge is 2.25. The molecule has 0 aliphatic carbocycles. The fourth-order valence-corrected chi connectivity index (χ4v) is 0.738. The Balaban J connectivity index is 3.70. The molecule has 0 aliphatic heterocycles. The minimum atomic E-state index is -1.20. The van der Waals surface area contributed by atoms with Crippen LogP contribution in [0.5, 0.6) is 0 Å². The predicted molar refractivity (Wildman–Crippen MR) is 55.6 cm³/mol. The predicted octanol–water partition coefficient (Wildman–Crippen LogP) is -0.0261. The molecule has 0 fully saturated rings. The lowest BCUT2D eigenvalue weighted by molar-refractivity contribution is -0.142. The van der Waals surface area contributed by atoms with E-state index in [-0.39, 0.29) is 0 Å². The van der Waals surface area contributed by atoms with E-state index in [1.54, 1.807) is 12.2 Å². The van der Waals surface area contributed by atoms with Gasteiger partial charge >= 0.3 is 5.97 Å². The summed E-state index contributed by atoms with van der Waals surface area (Å²) in [5.41, 5.74) is 4.30. The van der Waals surface area contributed by atoms with Gasteiger partial charge in [0.1, 0.15) is 5.54 Å². The third-order valence-corrected chi connectivity index (χ3v) is 1.71. The summed E-state index contributed by atoms with van der Waals surface area (Å²) in [6.07, 6.45) is 5.09. The van der Waals surface area contributed by atoms with Crippen LogP contribution in [0.4, 0.5) is 0 Å². The molecule has 0 heterocycles. The summed E-state index contributed by atoms with van der Waals surface area (Å²) in [6.45, 7) is 2.61. The van der Waals surface area contributed by atoms with Crippen molar-refractivity contribution in [2.45, 2.75) is 18.9 Å².